The molecule has 0 aliphatic rings. The molecule has 2 heteroatoms. The van der Waals surface area contributed by atoms with Crippen LogP contribution in [0.25, 0.3) is 0 Å². The predicted octanol–water partition coefficient (Wildman–Crippen LogP) is 2.81. The highest BCUT2D eigenvalue weighted by Crippen LogP contribution is 2.19. The van der Waals surface area contributed by atoms with Gasteiger partial charge in [-0.25, -0.2) is 0 Å². The van der Waals surface area contributed by atoms with Gasteiger partial charge in [0.1, 0.15) is 0 Å². The van der Waals surface area contributed by atoms with Crippen molar-refractivity contribution in [2.75, 3.05) is 0 Å². The molecule has 1 aromatic carbocycles. The number of benzene rings is 1. The molecule has 2 nitrogen and oxygen atoms in total. The third-order valence-electron chi connectivity index (χ3n) is 2.79. The average molecular weight is 221 g/mol. The van der Waals surface area contributed by atoms with E-state index in [4.69, 9.17) is 0 Å². The number of hydrogen-bond donors (Lipinski definition) is 2. The Morgan fingerprint density at radius 2 is 1.75 bits per heavy atom. The maximum Gasteiger partial charge on any atom is 0.0942 e. The summed E-state index contributed by atoms with van der Waals surface area (Å²) in [6.07, 6.45) is 0.501. The standard InChI is InChI=1S/C14H23NO/c1-5-13(15-10(2)3)14(16)12-8-6-11(4)7-9-12/h6-10,13-16H,5H2,1-4H3. The number of nitrogens with one attached hydrogen (secondary N) is 1. The summed E-state index contributed by atoms with van der Waals surface area (Å²) in [4.78, 5) is 0. The number of hydrogen-bond acceptors (Lipinski definition) is 2. The van der Waals surface area contributed by atoms with Crippen LogP contribution in [-0.4, -0.2) is 17.2 Å². The Hall–Kier alpha value is -0.860. The van der Waals surface area contributed by atoms with Crippen molar-refractivity contribution in [1.29, 1.82) is 0 Å². The van der Waals surface area contributed by atoms with Gasteiger partial charge in [-0.1, -0.05) is 50.6 Å². The first-order valence-corrected chi connectivity index (χ1v) is 6.05. The summed E-state index contributed by atoms with van der Waals surface area (Å²) in [7, 11) is 0. The molecule has 0 aliphatic carbocycles. The van der Waals surface area contributed by atoms with Gasteiger partial charge in [-0.3, -0.25) is 0 Å². The molecular formula is C14H23NO. The summed E-state index contributed by atoms with van der Waals surface area (Å²) in [5.41, 5.74) is 2.21. The molecule has 1 aromatic rings. The summed E-state index contributed by atoms with van der Waals surface area (Å²) < 4.78 is 0. The average Bonchev–Trinajstić information content (AvgIpc) is 2.25. The number of aryl methyl sites for hydroxylation is 1. The minimum Gasteiger partial charge on any atom is -0.387 e. The van der Waals surface area contributed by atoms with Gasteiger partial charge in [0.2, 0.25) is 0 Å². The molecule has 0 heterocycles. The molecule has 0 aromatic heterocycles. The minimum absolute atomic E-state index is 0.128. The first-order valence-electron chi connectivity index (χ1n) is 6.05. The largest absolute Gasteiger partial charge is 0.387 e. The molecule has 0 radical (unpaired) electrons. The van der Waals surface area contributed by atoms with Gasteiger partial charge < -0.3 is 10.4 Å². The van der Waals surface area contributed by atoms with Gasteiger partial charge in [0.25, 0.3) is 0 Å². The predicted molar refractivity (Wildman–Crippen MR) is 68.5 cm³/mol. The van der Waals surface area contributed by atoms with Crippen LogP contribution >= 0.6 is 0 Å². The third kappa shape index (κ3) is 3.62. The zero-order chi connectivity index (χ0) is 12.1. The fraction of sp³-hybridized carbons (Fsp3) is 0.571. The third-order valence-corrected chi connectivity index (χ3v) is 2.79. The lowest BCUT2D eigenvalue weighted by Crippen LogP contribution is -2.38. The topological polar surface area (TPSA) is 32.3 Å². The summed E-state index contributed by atoms with van der Waals surface area (Å²) in [6.45, 7) is 8.35. The summed E-state index contributed by atoms with van der Waals surface area (Å²) >= 11 is 0. The smallest absolute Gasteiger partial charge is 0.0942 e. The van der Waals surface area contributed by atoms with Crippen LogP contribution in [0.4, 0.5) is 0 Å². The van der Waals surface area contributed by atoms with Gasteiger partial charge in [0.15, 0.2) is 0 Å². The summed E-state index contributed by atoms with van der Waals surface area (Å²) in [5, 5.41) is 13.6. The van der Waals surface area contributed by atoms with Crippen LogP contribution < -0.4 is 5.32 Å². The number of aliphatic hydroxyl groups is 1. The second kappa shape index (κ2) is 6.02. The van der Waals surface area contributed by atoms with E-state index in [9.17, 15) is 5.11 Å². The minimum atomic E-state index is -0.423. The maximum absolute atomic E-state index is 10.3. The van der Waals surface area contributed by atoms with Crippen LogP contribution in [0.15, 0.2) is 24.3 Å². The van der Waals surface area contributed by atoms with Crippen molar-refractivity contribution in [3.05, 3.63) is 35.4 Å². The zero-order valence-electron chi connectivity index (χ0n) is 10.7. The van der Waals surface area contributed by atoms with E-state index in [1.807, 2.05) is 24.3 Å². The Balaban J connectivity index is 2.74. The molecule has 2 N–H and O–H groups in total. The highest BCUT2D eigenvalue weighted by atomic mass is 16.3. The van der Waals surface area contributed by atoms with Gasteiger partial charge >= 0.3 is 0 Å². The SMILES string of the molecule is CCC(NC(C)C)C(O)c1ccc(C)cc1. The van der Waals surface area contributed by atoms with Crippen LogP contribution in [0.1, 0.15) is 44.4 Å². The highest BCUT2D eigenvalue weighted by molar-refractivity contribution is 5.24. The lowest BCUT2D eigenvalue weighted by atomic mass is 9.99. The van der Waals surface area contributed by atoms with Crippen molar-refractivity contribution in [3.8, 4) is 0 Å². The fourth-order valence-electron chi connectivity index (χ4n) is 1.86. The van der Waals surface area contributed by atoms with Gasteiger partial charge in [-0.2, -0.15) is 0 Å². The lowest BCUT2D eigenvalue weighted by molar-refractivity contribution is 0.121. The van der Waals surface area contributed by atoms with E-state index >= 15 is 0 Å². The Morgan fingerprint density at radius 1 is 1.19 bits per heavy atom. The molecule has 0 spiro atoms. The van der Waals surface area contributed by atoms with Crippen LogP contribution in [0, 0.1) is 6.92 Å². The molecule has 16 heavy (non-hydrogen) atoms. The van der Waals surface area contributed by atoms with Crippen molar-refractivity contribution in [1.82, 2.24) is 5.32 Å². The van der Waals surface area contributed by atoms with Crippen molar-refractivity contribution < 1.29 is 5.11 Å². The molecule has 90 valence electrons. The van der Waals surface area contributed by atoms with Crippen LogP contribution in [0.5, 0.6) is 0 Å². The molecule has 0 saturated heterocycles. The first-order chi connectivity index (χ1) is 7.54. The quantitative estimate of drug-likeness (QED) is 0.801. The van der Waals surface area contributed by atoms with Gasteiger partial charge in [0.05, 0.1) is 6.10 Å². The Bertz CT molecular complexity index is 305. The van der Waals surface area contributed by atoms with Crippen molar-refractivity contribution in [3.63, 3.8) is 0 Å². The molecule has 0 amide bonds. The maximum atomic E-state index is 10.3. The lowest BCUT2D eigenvalue weighted by Gasteiger charge is -2.25. The summed E-state index contributed by atoms with van der Waals surface area (Å²) in [5.74, 6) is 0. The van der Waals surface area contributed by atoms with E-state index in [2.05, 4.69) is 33.0 Å². The van der Waals surface area contributed by atoms with Gasteiger partial charge in [-0.15, -0.1) is 0 Å². The monoisotopic (exact) mass is 221 g/mol. The fourth-order valence-corrected chi connectivity index (χ4v) is 1.86. The number of rotatable bonds is 5. The van der Waals surface area contributed by atoms with Gasteiger partial charge in [-0.05, 0) is 18.9 Å². The summed E-state index contributed by atoms with van der Waals surface area (Å²) in [6, 6.07) is 8.61. The van der Waals surface area contributed by atoms with E-state index < -0.39 is 6.10 Å². The second-order valence-corrected chi connectivity index (χ2v) is 4.69. The first kappa shape index (κ1) is 13.2. The van der Waals surface area contributed by atoms with Crippen LogP contribution in [0.2, 0.25) is 0 Å². The molecule has 1 rings (SSSR count). The van der Waals surface area contributed by atoms with E-state index in [0.29, 0.717) is 6.04 Å². The Morgan fingerprint density at radius 3 is 2.19 bits per heavy atom. The van der Waals surface area contributed by atoms with E-state index in [1.165, 1.54) is 5.56 Å². The molecule has 0 bridgehead atoms. The highest BCUT2D eigenvalue weighted by Gasteiger charge is 2.19. The van der Waals surface area contributed by atoms with E-state index in [1.54, 1.807) is 0 Å². The molecule has 2 atom stereocenters. The Kier molecular flexibility index (Phi) is 4.97. The van der Waals surface area contributed by atoms with Crippen molar-refractivity contribution >= 4 is 0 Å². The Labute approximate surface area is 98.7 Å². The zero-order valence-corrected chi connectivity index (χ0v) is 10.7. The van der Waals surface area contributed by atoms with E-state index in [0.717, 1.165) is 12.0 Å². The van der Waals surface area contributed by atoms with Crippen molar-refractivity contribution in [2.24, 2.45) is 0 Å². The molecular weight excluding hydrogens is 198 g/mol. The number of aliphatic hydroxyl groups excluding tert-OH is 1. The van der Waals surface area contributed by atoms with Gasteiger partial charge in [0, 0.05) is 12.1 Å². The molecule has 2 unspecified atom stereocenters. The normalized spacial score (nSPS) is 15.1. The molecule has 0 aliphatic heterocycles. The second-order valence-electron chi connectivity index (χ2n) is 4.69. The van der Waals surface area contributed by atoms with Crippen LogP contribution in [-0.2, 0) is 0 Å². The van der Waals surface area contributed by atoms with Crippen molar-refractivity contribution in [2.45, 2.75) is 52.3 Å². The molecule has 0 fully saturated rings. The molecule has 0 saturated carbocycles. The van der Waals surface area contributed by atoms with Crippen LogP contribution in [0.3, 0.4) is 0 Å². The van der Waals surface area contributed by atoms with E-state index in [-0.39, 0.29) is 6.04 Å².